The first kappa shape index (κ1) is 26.2. The molecule has 0 unspecified atom stereocenters. The Balaban J connectivity index is 0.000000534. The second kappa shape index (κ2) is 11.7. The zero-order chi connectivity index (χ0) is 23.9. The molecule has 0 saturated carbocycles. The molecule has 11 heteroatoms. The van der Waals surface area contributed by atoms with Crippen molar-refractivity contribution in [3.8, 4) is 0 Å². The molecule has 2 aromatic carbocycles. The molecule has 1 saturated heterocycles. The molecular formula is C21H19Cl4NO6. The highest BCUT2D eigenvalue weighted by Crippen LogP contribution is 2.38. The number of piperidine rings is 1. The first-order chi connectivity index (χ1) is 15.1. The zero-order valence-corrected chi connectivity index (χ0v) is 19.6. The molecule has 7 nitrogen and oxygen atoms in total. The van der Waals surface area contributed by atoms with Gasteiger partial charge in [-0.25, -0.2) is 9.59 Å². The quantitative estimate of drug-likeness (QED) is 0.389. The van der Waals surface area contributed by atoms with Crippen molar-refractivity contribution in [3.63, 3.8) is 0 Å². The van der Waals surface area contributed by atoms with Crippen LogP contribution in [0.5, 0.6) is 0 Å². The highest BCUT2D eigenvalue weighted by molar-refractivity contribution is 6.42. The Bertz CT molecular complexity index is 996. The van der Waals surface area contributed by atoms with Crippen molar-refractivity contribution >= 4 is 64.3 Å². The van der Waals surface area contributed by atoms with Gasteiger partial charge in [0, 0.05) is 0 Å². The summed E-state index contributed by atoms with van der Waals surface area (Å²) < 4.78 is 5.65. The maximum absolute atomic E-state index is 13.1. The molecule has 2 aromatic rings. The molecule has 0 spiro atoms. The number of benzene rings is 2. The number of rotatable bonds is 4. The standard InChI is InChI=1S/C19H17Cl4NO2.C2H2O4/c20-14-3-1-12(9-16(14)22)11-26-18(25)19(5-7-24-8-6-19)13-2-4-15(21)17(23)10-13;3-1(4)2(5)6/h1-4,9-10,24H,5-8,11H2;(H,3,4)(H,5,6). The summed E-state index contributed by atoms with van der Waals surface area (Å²) in [4.78, 5) is 31.3. The predicted molar refractivity (Wildman–Crippen MR) is 122 cm³/mol. The van der Waals surface area contributed by atoms with Gasteiger partial charge in [0.1, 0.15) is 6.61 Å². The summed E-state index contributed by atoms with van der Waals surface area (Å²) in [6.07, 6.45) is 1.26. The maximum atomic E-state index is 13.1. The van der Waals surface area contributed by atoms with Gasteiger partial charge >= 0.3 is 17.9 Å². The van der Waals surface area contributed by atoms with Crippen LogP contribution in [0.25, 0.3) is 0 Å². The minimum Gasteiger partial charge on any atom is -0.473 e. The molecule has 1 fully saturated rings. The minimum absolute atomic E-state index is 0.131. The van der Waals surface area contributed by atoms with E-state index in [0.29, 0.717) is 32.9 Å². The zero-order valence-electron chi connectivity index (χ0n) is 16.5. The lowest BCUT2D eigenvalue weighted by atomic mass is 9.73. The van der Waals surface area contributed by atoms with Crippen molar-refractivity contribution in [1.82, 2.24) is 5.32 Å². The Morgan fingerprint density at radius 1 is 0.844 bits per heavy atom. The summed E-state index contributed by atoms with van der Waals surface area (Å²) in [6, 6.07) is 10.5. The van der Waals surface area contributed by atoms with Crippen molar-refractivity contribution in [2.24, 2.45) is 0 Å². The third-order valence-corrected chi connectivity index (χ3v) is 6.33. The van der Waals surface area contributed by atoms with Gasteiger partial charge < -0.3 is 20.3 Å². The molecule has 0 bridgehead atoms. The number of aliphatic carboxylic acids is 2. The number of esters is 1. The molecule has 3 rings (SSSR count). The van der Waals surface area contributed by atoms with Gasteiger partial charge in [-0.1, -0.05) is 58.5 Å². The molecule has 0 radical (unpaired) electrons. The normalized spacial score (nSPS) is 14.6. The number of hydrogen-bond donors (Lipinski definition) is 3. The van der Waals surface area contributed by atoms with E-state index in [2.05, 4.69) is 5.32 Å². The molecule has 32 heavy (non-hydrogen) atoms. The van der Waals surface area contributed by atoms with Crippen LogP contribution >= 0.6 is 46.4 Å². The number of hydrogen-bond acceptors (Lipinski definition) is 5. The molecule has 1 aliphatic rings. The van der Waals surface area contributed by atoms with E-state index in [1.807, 2.05) is 6.07 Å². The van der Waals surface area contributed by atoms with Crippen LogP contribution < -0.4 is 5.32 Å². The molecule has 1 heterocycles. The van der Waals surface area contributed by atoms with Gasteiger partial charge in [-0.2, -0.15) is 0 Å². The van der Waals surface area contributed by atoms with Crippen LogP contribution in [0.1, 0.15) is 24.0 Å². The van der Waals surface area contributed by atoms with Crippen molar-refractivity contribution in [2.45, 2.75) is 24.9 Å². The topological polar surface area (TPSA) is 113 Å². The van der Waals surface area contributed by atoms with Gasteiger partial charge in [0.25, 0.3) is 0 Å². The summed E-state index contributed by atoms with van der Waals surface area (Å²) in [5.74, 6) is -3.92. The van der Waals surface area contributed by atoms with E-state index in [4.69, 9.17) is 70.9 Å². The van der Waals surface area contributed by atoms with E-state index in [0.717, 1.165) is 24.2 Å². The highest BCUT2D eigenvalue weighted by Gasteiger charge is 2.43. The average Bonchev–Trinajstić information content (AvgIpc) is 2.77. The third-order valence-electron chi connectivity index (χ3n) is 4.86. The predicted octanol–water partition coefficient (Wildman–Crippen LogP) is 4.82. The van der Waals surface area contributed by atoms with Crippen LogP contribution in [0.15, 0.2) is 36.4 Å². The number of ether oxygens (including phenoxy) is 1. The Morgan fingerprint density at radius 2 is 1.38 bits per heavy atom. The van der Waals surface area contributed by atoms with E-state index in [1.54, 1.807) is 30.3 Å². The van der Waals surface area contributed by atoms with E-state index < -0.39 is 17.4 Å². The van der Waals surface area contributed by atoms with Gasteiger partial charge in [-0.15, -0.1) is 0 Å². The van der Waals surface area contributed by atoms with Crippen LogP contribution in [0.3, 0.4) is 0 Å². The fourth-order valence-corrected chi connectivity index (χ4v) is 3.79. The summed E-state index contributed by atoms with van der Waals surface area (Å²) >= 11 is 24.2. The van der Waals surface area contributed by atoms with Crippen LogP contribution in [-0.4, -0.2) is 41.2 Å². The largest absolute Gasteiger partial charge is 0.473 e. The lowest BCUT2D eigenvalue weighted by Crippen LogP contribution is -2.46. The smallest absolute Gasteiger partial charge is 0.414 e. The fraction of sp³-hybridized carbons (Fsp3) is 0.286. The van der Waals surface area contributed by atoms with Gasteiger partial charge in [0.15, 0.2) is 0 Å². The third kappa shape index (κ3) is 6.73. The summed E-state index contributed by atoms with van der Waals surface area (Å²) in [5, 5.41) is 19.8. The summed E-state index contributed by atoms with van der Waals surface area (Å²) in [5.41, 5.74) is 0.869. The number of nitrogens with one attached hydrogen (secondary N) is 1. The number of carbonyl (C=O) groups is 3. The number of halogens is 4. The van der Waals surface area contributed by atoms with Crippen molar-refractivity contribution < 1.29 is 29.3 Å². The second-order valence-electron chi connectivity index (χ2n) is 6.90. The first-order valence-corrected chi connectivity index (χ1v) is 10.8. The van der Waals surface area contributed by atoms with Crippen LogP contribution in [-0.2, 0) is 31.1 Å². The van der Waals surface area contributed by atoms with Crippen LogP contribution in [0.2, 0.25) is 20.1 Å². The Labute approximate surface area is 204 Å². The van der Waals surface area contributed by atoms with Gasteiger partial charge in [0.2, 0.25) is 0 Å². The van der Waals surface area contributed by atoms with E-state index in [-0.39, 0.29) is 12.6 Å². The van der Waals surface area contributed by atoms with Gasteiger partial charge in [-0.05, 0) is 61.3 Å². The molecular weight excluding hydrogens is 504 g/mol. The second-order valence-corrected chi connectivity index (χ2v) is 8.52. The SMILES string of the molecule is O=C(O)C(=O)O.O=C(OCc1ccc(Cl)c(Cl)c1)C1(c2ccc(Cl)c(Cl)c2)CCNCC1. The number of carboxylic acid groups (broad SMARTS) is 2. The van der Waals surface area contributed by atoms with E-state index in [9.17, 15) is 4.79 Å². The van der Waals surface area contributed by atoms with Gasteiger partial charge in [0.05, 0.1) is 25.5 Å². The summed E-state index contributed by atoms with van der Waals surface area (Å²) in [7, 11) is 0. The Morgan fingerprint density at radius 3 is 1.88 bits per heavy atom. The van der Waals surface area contributed by atoms with Gasteiger partial charge in [-0.3, -0.25) is 4.79 Å². The number of carboxylic acids is 2. The molecule has 0 amide bonds. The Hall–Kier alpha value is -2.03. The molecule has 172 valence electrons. The van der Waals surface area contributed by atoms with E-state index >= 15 is 0 Å². The number of carbonyl (C=O) groups excluding carboxylic acids is 1. The summed E-state index contributed by atoms with van der Waals surface area (Å²) in [6.45, 7) is 1.58. The molecule has 0 aromatic heterocycles. The Kier molecular flexibility index (Phi) is 9.61. The lowest BCUT2D eigenvalue weighted by molar-refractivity contribution is -0.159. The monoisotopic (exact) mass is 521 g/mol. The molecule has 3 N–H and O–H groups in total. The molecule has 1 aliphatic heterocycles. The van der Waals surface area contributed by atoms with Crippen LogP contribution in [0.4, 0.5) is 0 Å². The average molecular weight is 523 g/mol. The highest BCUT2D eigenvalue weighted by atomic mass is 35.5. The lowest BCUT2D eigenvalue weighted by Gasteiger charge is -2.36. The van der Waals surface area contributed by atoms with Crippen molar-refractivity contribution in [2.75, 3.05) is 13.1 Å². The maximum Gasteiger partial charge on any atom is 0.414 e. The minimum atomic E-state index is -1.82. The van der Waals surface area contributed by atoms with Crippen LogP contribution in [0, 0.1) is 0 Å². The molecule has 0 aliphatic carbocycles. The fourth-order valence-electron chi connectivity index (χ4n) is 3.17. The van der Waals surface area contributed by atoms with Crippen molar-refractivity contribution in [3.05, 3.63) is 67.6 Å². The molecule has 0 atom stereocenters. The van der Waals surface area contributed by atoms with E-state index in [1.165, 1.54) is 0 Å². The first-order valence-electron chi connectivity index (χ1n) is 9.30. The van der Waals surface area contributed by atoms with Crippen molar-refractivity contribution in [1.29, 1.82) is 0 Å².